The Labute approximate surface area is 98.0 Å². The molecule has 1 rings (SSSR count). The van der Waals surface area contributed by atoms with Crippen LogP contribution in [0.15, 0.2) is 23.1 Å². The zero-order valence-electron chi connectivity index (χ0n) is 6.62. The van der Waals surface area contributed by atoms with Crippen LogP contribution in [0.1, 0.15) is 0 Å². The number of benzene rings is 1. The summed E-state index contributed by atoms with van der Waals surface area (Å²) < 4.78 is 31.5. The number of hydrogen-bond acceptors (Lipinski definition) is 3. The van der Waals surface area contributed by atoms with Gasteiger partial charge in [-0.2, -0.15) is 0 Å². The Bertz CT molecular complexity index is 404. The van der Waals surface area contributed by atoms with E-state index in [0.29, 0.717) is 0 Å². The number of hydrogen-bond donors (Lipinski definition) is 0. The fourth-order valence-corrected chi connectivity index (χ4v) is 1.88. The van der Waals surface area contributed by atoms with E-state index in [1.165, 1.54) is 12.1 Å². The fourth-order valence-electron chi connectivity index (χ4n) is 0.669. The second kappa shape index (κ2) is 4.70. The van der Waals surface area contributed by atoms with E-state index in [2.05, 4.69) is 0 Å². The summed E-state index contributed by atoms with van der Waals surface area (Å²) in [6.07, 6.45) is 0. The molecule has 0 saturated heterocycles. The maximum atomic E-state index is 10.5. The van der Waals surface area contributed by atoms with Crippen molar-refractivity contribution in [3.63, 3.8) is 0 Å². The first-order valence-electron chi connectivity index (χ1n) is 2.82. The molecule has 0 fully saturated rings. The predicted octanol–water partition coefficient (Wildman–Crippen LogP) is -1.10. The van der Waals surface area contributed by atoms with Gasteiger partial charge >= 0.3 is 18.9 Å². The summed E-state index contributed by atoms with van der Waals surface area (Å²) in [6, 6.07) is 3.68. The van der Waals surface area contributed by atoms with E-state index in [1.54, 1.807) is 0 Å². The smallest absolute Gasteiger partial charge is 0.744 e. The molecule has 0 unspecified atom stereocenters. The van der Waals surface area contributed by atoms with Crippen LogP contribution in [0, 0.1) is 0 Å². The largest absolute Gasteiger partial charge is 1.00 e. The maximum Gasteiger partial charge on any atom is 1.00 e. The average molecular weight is 233 g/mol. The van der Waals surface area contributed by atoms with E-state index in [4.69, 9.17) is 23.2 Å². The molecule has 0 saturated carbocycles. The van der Waals surface area contributed by atoms with Crippen LogP contribution < -0.4 is 18.9 Å². The van der Waals surface area contributed by atoms with Crippen molar-refractivity contribution < 1.29 is 31.8 Å². The van der Waals surface area contributed by atoms with Crippen LogP contribution in [-0.2, 0) is 10.1 Å². The molecule has 3 nitrogen and oxygen atoms in total. The molecule has 0 aliphatic rings. The molecule has 13 heavy (non-hydrogen) atoms. The maximum absolute atomic E-state index is 10.5. The standard InChI is InChI=1S/C6H4Cl2O3S.Li/c7-4-1-2-5(8)6(3-4)12(9,10)11;/h1-3H,(H,9,10,11);/q;+1/p-1. The van der Waals surface area contributed by atoms with E-state index in [-0.39, 0.29) is 28.9 Å². The van der Waals surface area contributed by atoms with Gasteiger partial charge in [-0.25, -0.2) is 8.42 Å². The molecule has 0 heterocycles. The number of halogens is 2. The van der Waals surface area contributed by atoms with Crippen LogP contribution in [0.2, 0.25) is 10.0 Å². The summed E-state index contributed by atoms with van der Waals surface area (Å²) in [5, 5.41) is 0.0447. The van der Waals surface area contributed by atoms with Crippen LogP contribution in [0.4, 0.5) is 0 Å². The van der Waals surface area contributed by atoms with Crippen LogP contribution in [0.5, 0.6) is 0 Å². The third kappa shape index (κ3) is 3.51. The first kappa shape index (κ1) is 13.3. The Morgan fingerprint density at radius 2 is 1.77 bits per heavy atom. The summed E-state index contributed by atoms with van der Waals surface area (Å²) in [5.74, 6) is 0. The van der Waals surface area contributed by atoms with E-state index < -0.39 is 15.0 Å². The SMILES string of the molecule is O=S(=O)([O-])c1cc(Cl)ccc1Cl.[Li+]. The molecular weight excluding hydrogens is 230 g/mol. The zero-order chi connectivity index (χ0) is 9.35. The molecule has 7 heteroatoms. The molecule has 66 valence electrons. The van der Waals surface area contributed by atoms with Gasteiger partial charge in [0, 0.05) is 5.02 Å². The molecule has 0 N–H and O–H groups in total. The van der Waals surface area contributed by atoms with Gasteiger partial charge in [0.05, 0.1) is 9.92 Å². The monoisotopic (exact) mass is 232 g/mol. The van der Waals surface area contributed by atoms with Gasteiger partial charge in [-0.05, 0) is 18.2 Å². The van der Waals surface area contributed by atoms with Crippen molar-refractivity contribution in [3.05, 3.63) is 28.2 Å². The Kier molecular flexibility index (Phi) is 4.81. The van der Waals surface area contributed by atoms with E-state index in [9.17, 15) is 13.0 Å². The molecule has 1 aromatic carbocycles. The van der Waals surface area contributed by atoms with Crippen LogP contribution in [0.25, 0.3) is 0 Å². The van der Waals surface area contributed by atoms with Crippen molar-refractivity contribution in [3.8, 4) is 0 Å². The molecule has 1 aromatic rings. The van der Waals surface area contributed by atoms with Crippen LogP contribution in [-0.4, -0.2) is 13.0 Å². The number of rotatable bonds is 1. The minimum Gasteiger partial charge on any atom is -0.744 e. The third-order valence-corrected chi connectivity index (χ3v) is 2.72. The summed E-state index contributed by atoms with van der Waals surface area (Å²) >= 11 is 10.9. The minimum atomic E-state index is -4.52. The molecule has 0 aromatic heterocycles. The van der Waals surface area contributed by atoms with Gasteiger partial charge in [0.15, 0.2) is 0 Å². The Hall–Kier alpha value is 0.307. The van der Waals surface area contributed by atoms with Gasteiger partial charge in [-0.1, -0.05) is 23.2 Å². The van der Waals surface area contributed by atoms with Gasteiger partial charge in [0.1, 0.15) is 10.1 Å². The average Bonchev–Trinajstić information content (AvgIpc) is 1.92. The first-order valence-corrected chi connectivity index (χ1v) is 4.98. The second-order valence-electron chi connectivity index (χ2n) is 2.03. The summed E-state index contributed by atoms with van der Waals surface area (Å²) in [5.41, 5.74) is 0. The molecule has 0 radical (unpaired) electrons. The normalized spacial score (nSPS) is 10.7. The molecule has 0 spiro atoms. The van der Waals surface area contributed by atoms with Gasteiger partial charge in [-0.15, -0.1) is 0 Å². The van der Waals surface area contributed by atoms with E-state index in [1.807, 2.05) is 0 Å². The summed E-state index contributed by atoms with van der Waals surface area (Å²) in [4.78, 5) is -0.489. The van der Waals surface area contributed by atoms with E-state index in [0.717, 1.165) is 6.07 Å². The van der Waals surface area contributed by atoms with E-state index >= 15 is 0 Å². The molecule has 0 aliphatic carbocycles. The topological polar surface area (TPSA) is 57.2 Å². The van der Waals surface area contributed by atoms with Gasteiger partial charge in [0.2, 0.25) is 0 Å². The summed E-state index contributed by atoms with van der Waals surface area (Å²) in [6.45, 7) is 0. The molecular formula is C6H3Cl2LiO3S. The predicted molar refractivity (Wildman–Crippen MR) is 44.4 cm³/mol. The van der Waals surface area contributed by atoms with Crippen molar-refractivity contribution in [2.24, 2.45) is 0 Å². The van der Waals surface area contributed by atoms with Crippen molar-refractivity contribution in [2.45, 2.75) is 4.90 Å². The zero-order valence-corrected chi connectivity index (χ0v) is 8.95. The van der Waals surface area contributed by atoms with Crippen molar-refractivity contribution in [2.75, 3.05) is 0 Å². The van der Waals surface area contributed by atoms with Crippen molar-refractivity contribution >= 4 is 33.3 Å². The first-order chi connectivity index (χ1) is 5.41. The van der Waals surface area contributed by atoms with Gasteiger partial charge in [-0.3, -0.25) is 0 Å². The third-order valence-electron chi connectivity index (χ3n) is 1.16. The minimum absolute atomic E-state index is 0. The molecule has 0 bridgehead atoms. The quantitative estimate of drug-likeness (QED) is 0.457. The van der Waals surface area contributed by atoms with Gasteiger partial charge < -0.3 is 4.55 Å². The fraction of sp³-hybridized carbons (Fsp3) is 0. The summed E-state index contributed by atoms with van der Waals surface area (Å²) in [7, 11) is -4.52. The Morgan fingerprint density at radius 3 is 2.15 bits per heavy atom. The van der Waals surface area contributed by atoms with Crippen molar-refractivity contribution in [1.82, 2.24) is 0 Å². The second-order valence-corrected chi connectivity index (χ2v) is 4.22. The van der Waals surface area contributed by atoms with Gasteiger partial charge in [0.25, 0.3) is 0 Å². The Balaban J connectivity index is 0.00000144. The molecule has 0 aliphatic heterocycles. The molecule has 0 amide bonds. The van der Waals surface area contributed by atoms with Crippen LogP contribution in [0.3, 0.4) is 0 Å². The molecule has 0 atom stereocenters. The van der Waals surface area contributed by atoms with Crippen LogP contribution >= 0.6 is 23.2 Å². The Morgan fingerprint density at radius 1 is 1.23 bits per heavy atom. The van der Waals surface area contributed by atoms with Crippen molar-refractivity contribution in [1.29, 1.82) is 0 Å².